The standard InChI is InChI=1S/C25H38N2O4S/c1-24-11-8-20-18(5-7-21-25(20,2)12-9-23(29)27(21)3)19(24)6-4-16(24)14-22(28)26-17-10-13-32(30,31)15-17/h9,12,16-21H,4-8,10-11,13-15H2,1-3H3,(H,26,28)/t16-,17?,18+,19+,20+,21-,24-,25-/m1/s1. The van der Waals surface area contributed by atoms with E-state index in [1.165, 1.54) is 12.8 Å². The molecule has 5 aliphatic rings. The third kappa shape index (κ3) is 3.45. The van der Waals surface area contributed by atoms with Crippen LogP contribution in [0.5, 0.6) is 0 Å². The summed E-state index contributed by atoms with van der Waals surface area (Å²) in [7, 11) is -1.02. The summed E-state index contributed by atoms with van der Waals surface area (Å²) in [5, 5.41) is 3.02. The van der Waals surface area contributed by atoms with Gasteiger partial charge in [0.25, 0.3) is 0 Å². The highest BCUT2D eigenvalue weighted by molar-refractivity contribution is 7.91. The largest absolute Gasteiger partial charge is 0.352 e. The molecule has 3 aliphatic carbocycles. The predicted molar refractivity (Wildman–Crippen MR) is 123 cm³/mol. The SMILES string of the molecule is CN1C(=O)C=C[C@]2(C)[C@H]3CC[C@]4(C)[C@@H](CC(=O)NC5CCS(=O)(=O)C5)CC[C@H]4[C@@H]3CC[C@@H]12. The monoisotopic (exact) mass is 462 g/mol. The number of likely N-dealkylation sites (N-methyl/N-ethyl adjacent to an activating group) is 1. The van der Waals surface area contributed by atoms with E-state index in [1.54, 1.807) is 6.08 Å². The van der Waals surface area contributed by atoms with Crippen LogP contribution in [0, 0.1) is 34.5 Å². The molecule has 6 nitrogen and oxygen atoms in total. The average Bonchev–Trinajstić information content (AvgIpc) is 3.23. The van der Waals surface area contributed by atoms with Gasteiger partial charge in [-0.3, -0.25) is 9.59 Å². The van der Waals surface area contributed by atoms with Gasteiger partial charge in [0.15, 0.2) is 9.84 Å². The quantitative estimate of drug-likeness (QED) is 0.699. The Kier molecular flexibility index (Phi) is 5.31. The first-order valence-electron chi connectivity index (χ1n) is 12.5. The van der Waals surface area contributed by atoms with E-state index >= 15 is 0 Å². The second-order valence-corrected chi connectivity index (χ2v) is 14.0. The highest BCUT2D eigenvalue weighted by Gasteiger charge is 2.60. The Morgan fingerprint density at radius 2 is 1.91 bits per heavy atom. The number of hydrogen-bond acceptors (Lipinski definition) is 4. The Bertz CT molecular complexity index is 946. The van der Waals surface area contributed by atoms with Crippen molar-refractivity contribution < 1.29 is 18.0 Å². The van der Waals surface area contributed by atoms with E-state index in [2.05, 4.69) is 25.2 Å². The molecule has 1 saturated heterocycles. The van der Waals surface area contributed by atoms with Gasteiger partial charge in [-0.2, -0.15) is 0 Å². The lowest BCUT2D eigenvalue weighted by molar-refractivity contribution is -0.139. The fraction of sp³-hybridized carbons (Fsp3) is 0.840. The van der Waals surface area contributed by atoms with Gasteiger partial charge in [-0.05, 0) is 80.1 Å². The maximum Gasteiger partial charge on any atom is 0.246 e. The van der Waals surface area contributed by atoms with E-state index in [-0.39, 0.29) is 40.2 Å². The summed E-state index contributed by atoms with van der Waals surface area (Å²) < 4.78 is 23.5. The van der Waals surface area contributed by atoms with Gasteiger partial charge in [0, 0.05) is 31.0 Å². The maximum absolute atomic E-state index is 12.8. The number of rotatable bonds is 3. The zero-order valence-corrected chi connectivity index (χ0v) is 20.5. The fourth-order valence-electron chi connectivity index (χ4n) is 8.60. The normalized spacial score (nSPS) is 47.0. The number of nitrogens with zero attached hydrogens (tertiary/aromatic N) is 1. The molecular weight excluding hydrogens is 424 g/mol. The van der Waals surface area contributed by atoms with E-state index in [9.17, 15) is 18.0 Å². The van der Waals surface area contributed by atoms with Crippen molar-refractivity contribution >= 4 is 21.7 Å². The molecule has 0 aromatic heterocycles. The zero-order valence-electron chi connectivity index (χ0n) is 19.7. The van der Waals surface area contributed by atoms with Crippen molar-refractivity contribution in [2.75, 3.05) is 18.6 Å². The number of fused-ring (bicyclic) bond motifs is 5. The van der Waals surface area contributed by atoms with Crippen LogP contribution in [0.4, 0.5) is 0 Å². The first-order chi connectivity index (χ1) is 15.0. The Balaban J connectivity index is 1.28. The van der Waals surface area contributed by atoms with Gasteiger partial charge >= 0.3 is 0 Å². The highest BCUT2D eigenvalue weighted by atomic mass is 32.2. The van der Waals surface area contributed by atoms with Crippen molar-refractivity contribution in [2.24, 2.45) is 34.5 Å². The van der Waals surface area contributed by atoms with Crippen molar-refractivity contribution in [1.82, 2.24) is 10.2 Å². The molecule has 1 N–H and O–H groups in total. The van der Waals surface area contributed by atoms with Crippen LogP contribution in [-0.4, -0.2) is 55.8 Å². The molecule has 4 fully saturated rings. The molecule has 2 aliphatic heterocycles. The van der Waals surface area contributed by atoms with E-state index < -0.39 is 9.84 Å². The zero-order chi connectivity index (χ0) is 22.9. The van der Waals surface area contributed by atoms with Gasteiger partial charge in [0.05, 0.1) is 11.5 Å². The van der Waals surface area contributed by atoms with Crippen LogP contribution in [0.2, 0.25) is 0 Å². The van der Waals surface area contributed by atoms with E-state index in [1.807, 2.05) is 11.9 Å². The Labute approximate surface area is 192 Å². The van der Waals surface area contributed by atoms with E-state index in [0.717, 1.165) is 25.7 Å². The van der Waals surface area contributed by atoms with E-state index in [0.29, 0.717) is 42.6 Å². The van der Waals surface area contributed by atoms with Crippen LogP contribution < -0.4 is 5.32 Å². The third-order valence-electron chi connectivity index (χ3n) is 10.4. The molecule has 0 radical (unpaired) electrons. The van der Waals surface area contributed by atoms with E-state index in [4.69, 9.17) is 0 Å². The first kappa shape index (κ1) is 22.4. The number of carbonyl (C=O) groups is 2. The van der Waals surface area contributed by atoms with Crippen molar-refractivity contribution in [3.8, 4) is 0 Å². The lowest BCUT2D eigenvalue weighted by Gasteiger charge is -2.60. The number of amides is 2. The lowest BCUT2D eigenvalue weighted by atomic mass is 9.47. The molecule has 178 valence electrons. The molecule has 0 aromatic carbocycles. The topological polar surface area (TPSA) is 83.6 Å². The highest BCUT2D eigenvalue weighted by Crippen LogP contribution is 2.65. The molecule has 1 unspecified atom stereocenters. The molecule has 7 heteroatoms. The van der Waals surface area contributed by atoms with Crippen molar-refractivity contribution in [1.29, 1.82) is 0 Å². The molecule has 0 spiro atoms. The number of hydrogen-bond donors (Lipinski definition) is 1. The van der Waals surface area contributed by atoms with Gasteiger partial charge in [-0.25, -0.2) is 8.42 Å². The first-order valence-corrected chi connectivity index (χ1v) is 14.3. The van der Waals surface area contributed by atoms with Gasteiger partial charge < -0.3 is 10.2 Å². The maximum atomic E-state index is 12.8. The predicted octanol–water partition coefficient (Wildman–Crippen LogP) is 2.94. The van der Waals surface area contributed by atoms with Crippen molar-refractivity contribution in [2.45, 2.75) is 77.3 Å². The van der Waals surface area contributed by atoms with Gasteiger partial charge in [-0.15, -0.1) is 0 Å². The molecule has 2 heterocycles. The van der Waals surface area contributed by atoms with Crippen LogP contribution in [0.1, 0.15) is 65.2 Å². The van der Waals surface area contributed by atoms with Crippen LogP contribution in [0.3, 0.4) is 0 Å². The second kappa shape index (κ2) is 7.57. The summed E-state index contributed by atoms with van der Waals surface area (Å²) >= 11 is 0. The summed E-state index contributed by atoms with van der Waals surface area (Å²) in [6, 6.07) is 0.0949. The second-order valence-electron chi connectivity index (χ2n) is 11.8. The summed E-state index contributed by atoms with van der Waals surface area (Å²) in [5.41, 5.74) is 0.236. The number of sulfone groups is 1. The van der Waals surface area contributed by atoms with Gasteiger partial charge in [0.2, 0.25) is 11.8 Å². The fourth-order valence-corrected chi connectivity index (χ4v) is 10.3. The minimum atomic E-state index is -2.98. The number of carbonyl (C=O) groups excluding carboxylic acids is 2. The smallest absolute Gasteiger partial charge is 0.246 e. The Morgan fingerprint density at radius 3 is 2.62 bits per heavy atom. The molecule has 2 amide bonds. The Morgan fingerprint density at radius 1 is 1.12 bits per heavy atom. The summed E-state index contributed by atoms with van der Waals surface area (Å²) in [6.45, 7) is 4.78. The minimum absolute atomic E-state index is 0.0344. The van der Waals surface area contributed by atoms with Crippen molar-refractivity contribution in [3.05, 3.63) is 12.2 Å². The van der Waals surface area contributed by atoms with Crippen LogP contribution in [0.25, 0.3) is 0 Å². The average molecular weight is 463 g/mol. The molecule has 8 atom stereocenters. The lowest BCUT2D eigenvalue weighted by Crippen LogP contribution is -2.59. The molecule has 32 heavy (non-hydrogen) atoms. The Hall–Kier alpha value is -1.37. The molecule has 5 rings (SSSR count). The van der Waals surface area contributed by atoms with Crippen LogP contribution in [-0.2, 0) is 19.4 Å². The number of nitrogens with one attached hydrogen (secondary N) is 1. The van der Waals surface area contributed by atoms with Gasteiger partial charge in [0.1, 0.15) is 0 Å². The molecule has 0 bridgehead atoms. The van der Waals surface area contributed by atoms with Gasteiger partial charge in [-0.1, -0.05) is 19.9 Å². The van der Waals surface area contributed by atoms with Crippen LogP contribution in [0.15, 0.2) is 12.2 Å². The summed E-state index contributed by atoms with van der Waals surface area (Å²) in [4.78, 5) is 27.0. The molecule has 0 aromatic rings. The summed E-state index contributed by atoms with van der Waals surface area (Å²) in [6.07, 6.45) is 11.9. The molecular formula is C25H38N2O4S. The summed E-state index contributed by atoms with van der Waals surface area (Å²) in [5.74, 6) is 2.73. The minimum Gasteiger partial charge on any atom is -0.352 e. The molecule has 3 saturated carbocycles. The van der Waals surface area contributed by atoms with Crippen molar-refractivity contribution in [3.63, 3.8) is 0 Å². The third-order valence-corrected chi connectivity index (χ3v) is 12.1. The van der Waals surface area contributed by atoms with Crippen LogP contribution >= 0.6 is 0 Å².